The molecule has 0 aliphatic heterocycles. The van der Waals surface area contributed by atoms with Gasteiger partial charge in [0.25, 0.3) is 0 Å². The molecule has 80 valence electrons. The maximum Gasteiger partial charge on any atom is 0.159 e. The van der Waals surface area contributed by atoms with Crippen molar-refractivity contribution in [1.82, 2.24) is 4.98 Å². The van der Waals surface area contributed by atoms with Crippen molar-refractivity contribution in [1.29, 1.82) is 0 Å². The average molecular weight is 213 g/mol. The van der Waals surface area contributed by atoms with E-state index in [4.69, 9.17) is 0 Å². The number of Topliss-reactive ketones (excluding diaryl/α,β-unsaturated/α-hetero) is 1. The fraction of sp³-hybridized carbons (Fsp3) is 0.0769. The Balaban J connectivity index is 2.43. The highest BCUT2D eigenvalue weighted by atomic mass is 16.3. The molecule has 0 aliphatic rings. The molecule has 1 aromatic heterocycles. The van der Waals surface area contributed by atoms with Crippen LogP contribution in [0.25, 0.3) is 11.3 Å². The number of ketones is 1. The summed E-state index contributed by atoms with van der Waals surface area (Å²) in [7, 11) is 0. The molecular weight excluding hydrogens is 202 g/mol. The summed E-state index contributed by atoms with van der Waals surface area (Å²) in [5.41, 5.74) is 1.97. The summed E-state index contributed by atoms with van der Waals surface area (Å²) >= 11 is 0. The predicted octanol–water partition coefficient (Wildman–Crippen LogP) is 2.66. The van der Waals surface area contributed by atoms with E-state index in [1.807, 2.05) is 0 Å². The number of aromatic hydroxyl groups is 1. The van der Waals surface area contributed by atoms with E-state index in [2.05, 4.69) is 4.98 Å². The molecule has 0 bridgehead atoms. The molecule has 0 atom stereocenters. The monoisotopic (exact) mass is 213 g/mol. The van der Waals surface area contributed by atoms with Crippen LogP contribution in [0, 0.1) is 0 Å². The van der Waals surface area contributed by atoms with E-state index >= 15 is 0 Å². The van der Waals surface area contributed by atoms with Crippen molar-refractivity contribution >= 4 is 5.78 Å². The zero-order valence-corrected chi connectivity index (χ0v) is 8.84. The molecule has 1 aromatic carbocycles. The van der Waals surface area contributed by atoms with Gasteiger partial charge in [0.1, 0.15) is 11.4 Å². The highest BCUT2D eigenvalue weighted by molar-refractivity contribution is 5.94. The lowest BCUT2D eigenvalue weighted by molar-refractivity contribution is 0.101. The van der Waals surface area contributed by atoms with E-state index in [0.717, 1.165) is 5.56 Å². The topological polar surface area (TPSA) is 50.2 Å². The normalized spacial score (nSPS) is 10.1. The Kier molecular flexibility index (Phi) is 2.68. The lowest BCUT2D eigenvalue weighted by Crippen LogP contribution is -1.91. The Bertz CT molecular complexity index is 518. The van der Waals surface area contributed by atoms with Gasteiger partial charge in [0.2, 0.25) is 0 Å². The molecule has 0 fully saturated rings. The van der Waals surface area contributed by atoms with Crippen LogP contribution in [0.15, 0.2) is 42.6 Å². The molecule has 16 heavy (non-hydrogen) atoms. The van der Waals surface area contributed by atoms with Crippen LogP contribution in [-0.2, 0) is 0 Å². The lowest BCUT2D eigenvalue weighted by Gasteiger charge is -2.03. The van der Waals surface area contributed by atoms with E-state index in [0.29, 0.717) is 11.3 Å². The van der Waals surface area contributed by atoms with Crippen LogP contribution in [0.2, 0.25) is 0 Å². The molecule has 0 unspecified atom stereocenters. The second-order valence-corrected chi connectivity index (χ2v) is 3.50. The third kappa shape index (κ3) is 1.93. The molecule has 0 amide bonds. The largest absolute Gasteiger partial charge is 0.506 e. The van der Waals surface area contributed by atoms with Gasteiger partial charge < -0.3 is 5.11 Å². The average Bonchev–Trinajstić information content (AvgIpc) is 2.30. The first-order valence-corrected chi connectivity index (χ1v) is 4.94. The zero-order chi connectivity index (χ0) is 11.5. The van der Waals surface area contributed by atoms with Crippen molar-refractivity contribution in [2.45, 2.75) is 6.92 Å². The van der Waals surface area contributed by atoms with E-state index in [9.17, 15) is 9.90 Å². The minimum atomic E-state index is 0.0248. The van der Waals surface area contributed by atoms with Gasteiger partial charge in [-0.05, 0) is 19.1 Å². The number of hydrogen-bond donors (Lipinski definition) is 1. The molecule has 0 radical (unpaired) electrons. The van der Waals surface area contributed by atoms with Gasteiger partial charge in [-0.3, -0.25) is 9.78 Å². The molecule has 0 spiro atoms. The second kappa shape index (κ2) is 4.14. The van der Waals surface area contributed by atoms with Gasteiger partial charge >= 0.3 is 0 Å². The number of aromatic nitrogens is 1. The summed E-state index contributed by atoms with van der Waals surface area (Å²) in [4.78, 5) is 15.2. The van der Waals surface area contributed by atoms with Gasteiger partial charge in [-0.25, -0.2) is 0 Å². The van der Waals surface area contributed by atoms with Crippen molar-refractivity contribution in [2.24, 2.45) is 0 Å². The maximum atomic E-state index is 11.1. The Hall–Kier alpha value is -2.16. The first kappa shape index (κ1) is 10.4. The number of hydrogen-bond acceptors (Lipinski definition) is 3. The standard InChI is InChI=1S/C13H11NO2/c1-9(15)10-4-6-11(7-5-10)13-12(16)3-2-8-14-13/h2-8,16H,1H3. The first-order chi connectivity index (χ1) is 7.68. The van der Waals surface area contributed by atoms with Crippen LogP contribution in [-0.4, -0.2) is 15.9 Å². The van der Waals surface area contributed by atoms with Gasteiger partial charge in [-0.1, -0.05) is 24.3 Å². The van der Waals surface area contributed by atoms with Crippen molar-refractivity contribution in [3.05, 3.63) is 48.2 Å². The highest BCUT2D eigenvalue weighted by Gasteiger charge is 2.05. The maximum absolute atomic E-state index is 11.1. The number of benzene rings is 1. The molecular formula is C13H11NO2. The van der Waals surface area contributed by atoms with Crippen LogP contribution < -0.4 is 0 Å². The molecule has 1 N–H and O–H groups in total. The third-order valence-electron chi connectivity index (χ3n) is 2.35. The smallest absolute Gasteiger partial charge is 0.159 e. The van der Waals surface area contributed by atoms with E-state index in [-0.39, 0.29) is 11.5 Å². The summed E-state index contributed by atoms with van der Waals surface area (Å²) in [6.07, 6.45) is 1.62. The molecule has 3 nitrogen and oxygen atoms in total. The van der Waals surface area contributed by atoms with Gasteiger partial charge in [-0.2, -0.15) is 0 Å². The SMILES string of the molecule is CC(=O)c1ccc(-c2ncccc2O)cc1. The predicted molar refractivity (Wildman–Crippen MR) is 61.3 cm³/mol. The summed E-state index contributed by atoms with van der Waals surface area (Å²) in [6.45, 7) is 1.52. The fourth-order valence-corrected chi connectivity index (χ4v) is 1.48. The van der Waals surface area contributed by atoms with Gasteiger partial charge in [0.15, 0.2) is 5.78 Å². The molecule has 0 saturated heterocycles. The highest BCUT2D eigenvalue weighted by Crippen LogP contribution is 2.26. The Morgan fingerprint density at radius 1 is 1.19 bits per heavy atom. The molecule has 1 heterocycles. The fourth-order valence-electron chi connectivity index (χ4n) is 1.48. The Labute approximate surface area is 93.4 Å². The summed E-state index contributed by atoms with van der Waals surface area (Å²) in [5.74, 6) is 0.162. The van der Waals surface area contributed by atoms with Gasteiger partial charge in [0, 0.05) is 17.3 Å². The molecule has 0 saturated carbocycles. The van der Waals surface area contributed by atoms with Crippen LogP contribution in [0.5, 0.6) is 5.75 Å². The Morgan fingerprint density at radius 3 is 2.44 bits per heavy atom. The molecule has 0 aliphatic carbocycles. The molecule has 2 aromatic rings. The number of carbonyl (C=O) groups is 1. The molecule has 3 heteroatoms. The minimum absolute atomic E-state index is 0.0248. The lowest BCUT2D eigenvalue weighted by atomic mass is 10.1. The van der Waals surface area contributed by atoms with Crippen LogP contribution in [0.4, 0.5) is 0 Å². The summed E-state index contributed by atoms with van der Waals surface area (Å²) in [5, 5.41) is 9.61. The Morgan fingerprint density at radius 2 is 1.88 bits per heavy atom. The first-order valence-electron chi connectivity index (χ1n) is 4.94. The second-order valence-electron chi connectivity index (χ2n) is 3.50. The van der Waals surface area contributed by atoms with Gasteiger partial charge in [0.05, 0.1) is 0 Å². The summed E-state index contributed by atoms with van der Waals surface area (Å²) in [6, 6.07) is 10.3. The number of pyridine rings is 1. The third-order valence-corrected chi connectivity index (χ3v) is 2.35. The zero-order valence-electron chi connectivity index (χ0n) is 8.84. The van der Waals surface area contributed by atoms with E-state index < -0.39 is 0 Å². The summed E-state index contributed by atoms with van der Waals surface area (Å²) < 4.78 is 0. The number of nitrogens with zero attached hydrogens (tertiary/aromatic N) is 1. The van der Waals surface area contributed by atoms with E-state index in [1.165, 1.54) is 6.92 Å². The number of rotatable bonds is 2. The van der Waals surface area contributed by atoms with Crippen molar-refractivity contribution < 1.29 is 9.90 Å². The van der Waals surface area contributed by atoms with Crippen molar-refractivity contribution in [2.75, 3.05) is 0 Å². The molecule has 2 rings (SSSR count). The quantitative estimate of drug-likeness (QED) is 0.780. The van der Waals surface area contributed by atoms with Crippen LogP contribution >= 0.6 is 0 Å². The minimum Gasteiger partial charge on any atom is -0.506 e. The van der Waals surface area contributed by atoms with Crippen LogP contribution in [0.3, 0.4) is 0 Å². The van der Waals surface area contributed by atoms with Crippen molar-refractivity contribution in [3.8, 4) is 17.0 Å². The number of carbonyl (C=O) groups excluding carboxylic acids is 1. The van der Waals surface area contributed by atoms with E-state index in [1.54, 1.807) is 42.6 Å². The van der Waals surface area contributed by atoms with Gasteiger partial charge in [-0.15, -0.1) is 0 Å². The van der Waals surface area contributed by atoms with Crippen molar-refractivity contribution in [3.63, 3.8) is 0 Å². The van der Waals surface area contributed by atoms with Crippen LogP contribution in [0.1, 0.15) is 17.3 Å².